The number of nitrogens with two attached hydrogens (primary N) is 1. The van der Waals surface area contributed by atoms with E-state index in [0.29, 0.717) is 28.3 Å². The normalized spacial score (nSPS) is 10.8. The second kappa shape index (κ2) is 12.2. The molecular formula is C25H26ClF2N7O2. The van der Waals surface area contributed by atoms with Crippen LogP contribution < -0.4 is 21.3 Å². The van der Waals surface area contributed by atoms with Gasteiger partial charge in [0.2, 0.25) is 0 Å². The zero-order chi connectivity index (χ0) is 27.0. The van der Waals surface area contributed by atoms with Gasteiger partial charge in [0.25, 0.3) is 5.91 Å². The quantitative estimate of drug-likeness (QED) is 0.160. The lowest BCUT2D eigenvalue weighted by Crippen LogP contribution is -2.16. The predicted molar refractivity (Wildman–Crippen MR) is 139 cm³/mol. The molecule has 1 aromatic carbocycles. The first-order chi connectivity index (χ1) is 17.6. The Kier molecular flexibility index (Phi) is 9.10. The minimum atomic E-state index is -3.82. The van der Waals surface area contributed by atoms with E-state index in [2.05, 4.69) is 44.4 Å². The number of carbonyl (C=O) groups is 1. The Hall–Kier alpha value is -4.09. The first-order valence-corrected chi connectivity index (χ1v) is 11.6. The number of hydrogen-bond acceptors (Lipinski definition) is 7. The maximum absolute atomic E-state index is 12.9. The van der Waals surface area contributed by atoms with Crippen LogP contribution in [0.3, 0.4) is 0 Å². The van der Waals surface area contributed by atoms with E-state index < -0.39 is 11.5 Å². The fourth-order valence-electron chi connectivity index (χ4n) is 3.20. The number of halogens is 3. The highest BCUT2D eigenvalue weighted by Crippen LogP contribution is 2.31. The number of nitrogen functional groups attached to an aromatic ring is 1. The van der Waals surface area contributed by atoms with E-state index in [1.807, 2.05) is 6.07 Å². The molecule has 1 amide bonds. The summed E-state index contributed by atoms with van der Waals surface area (Å²) in [6.07, 6.45) is 5.95. The van der Waals surface area contributed by atoms with Crippen LogP contribution in [0, 0.1) is 0 Å². The summed E-state index contributed by atoms with van der Waals surface area (Å²) in [5, 5.41) is 6.88. The number of amides is 1. The topological polar surface area (TPSA) is 120 Å². The van der Waals surface area contributed by atoms with Crippen molar-refractivity contribution in [3.05, 3.63) is 72.7 Å². The molecule has 4 aromatic rings. The van der Waals surface area contributed by atoms with E-state index in [1.54, 1.807) is 42.3 Å². The molecular weight excluding hydrogens is 504 g/mol. The van der Waals surface area contributed by atoms with Crippen molar-refractivity contribution in [2.45, 2.75) is 25.8 Å². The van der Waals surface area contributed by atoms with Crippen molar-refractivity contribution < 1.29 is 18.3 Å². The Morgan fingerprint density at radius 3 is 2.35 bits per heavy atom. The number of anilines is 2. The minimum absolute atomic E-state index is 0.148. The number of nitrogens with one attached hydrogen (secondary N) is 2. The highest BCUT2D eigenvalue weighted by molar-refractivity contribution is 6.20. The molecule has 0 aliphatic rings. The van der Waals surface area contributed by atoms with E-state index in [-0.39, 0.29) is 11.3 Å². The van der Waals surface area contributed by atoms with Crippen molar-refractivity contribution in [2.75, 3.05) is 10.7 Å². The van der Waals surface area contributed by atoms with Gasteiger partial charge in [-0.2, -0.15) is 5.10 Å². The lowest BCUT2D eigenvalue weighted by Gasteiger charge is -2.13. The van der Waals surface area contributed by atoms with E-state index in [0.717, 1.165) is 5.69 Å². The van der Waals surface area contributed by atoms with Crippen LogP contribution in [0.1, 0.15) is 30.6 Å². The standard InChI is InChI=1S/C22H18ClF2N7O2.C3H8/c1-32-18(8-9-29-32)20-17(13-2-7-19(31-26)27-11-13)10-14(12-28-20)21(33)30-15-3-5-16(6-4-15)34-22(23,24)25;1-3-2/h2-12H,26H2,1H3,(H,27,31)(H,30,33);3H2,1-2H3. The summed E-state index contributed by atoms with van der Waals surface area (Å²) in [6.45, 7) is 4.25. The molecule has 0 saturated carbocycles. The largest absolute Gasteiger partial charge is 0.487 e. The van der Waals surface area contributed by atoms with Gasteiger partial charge < -0.3 is 15.5 Å². The maximum Gasteiger partial charge on any atom is 0.487 e. The Bertz CT molecular complexity index is 1320. The van der Waals surface area contributed by atoms with Crippen LogP contribution in [0.15, 0.2) is 67.1 Å². The summed E-state index contributed by atoms with van der Waals surface area (Å²) in [4.78, 5) is 21.6. The molecule has 9 nitrogen and oxygen atoms in total. The number of aryl methyl sites for hydroxylation is 1. The average Bonchev–Trinajstić information content (AvgIpc) is 3.30. The van der Waals surface area contributed by atoms with Gasteiger partial charge in [0, 0.05) is 54.1 Å². The summed E-state index contributed by atoms with van der Waals surface area (Å²) in [6, 6.07) is 12.3. The average molecular weight is 530 g/mol. The van der Waals surface area contributed by atoms with E-state index in [4.69, 9.17) is 17.4 Å². The Labute approximate surface area is 217 Å². The molecule has 0 aliphatic carbocycles. The molecule has 3 aromatic heterocycles. The molecule has 0 spiro atoms. The predicted octanol–water partition coefficient (Wildman–Crippen LogP) is 5.67. The molecule has 4 rings (SSSR count). The van der Waals surface area contributed by atoms with E-state index >= 15 is 0 Å². The molecule has 3 heterocycles. The number of nitrogens with zero attached hydrogens (tertiary/aromatic N) is 4. The van der Waals surface area contributed by atoms with Crippen LogP contribution in [0.4, 0.5) is 20.3 Å². The highest BCUT2D eigenvalue weighted by Gasteiger charge is 2.27. The van der Waals surface area contributed by atoms with Gasteiger partial charge >= 0.3 is 5.57 Å². The fraction of sp³-hybridized carbons (Fsp3) is 0.200. The van der Waals surface area contributed by atoms with Crippen LogP contribution in [0.25, 0.3) is 22.5 Å². The van der Waals surface area contributed by atoms with Crippen molar-refractivity contribution in [2.24, 2.45) is 12.9 Å². The van der Waals surface area contributed by atoms with Gasteiger partial charge in [0.1, 0.15) is 11.6 Å². The molecule has 0 aliphatic heterocycles. The molecule has 37 heavy (non-hydrogen) atoms. The summed E-state index contributed by atoms with van der Waals surface area (Å²) in [5.41, 5.74) is 2.00. The zero-order valence-electron chi connectivity index (χ0n) is 20.4. The van der Waals surface area contributed by atoms with Crippen molar-refractivity contribution >= 4 is 29.0 Å². The van der Waals surface area contributed by atoms with E-state index in [1.165, 1.54) is 36.9 Å². The number of benzene rings is 1. The van der Waals surface area contributed by atoms with Gasteiger partial charge in [0.05, 0.1) is 17.0 Å². The van der Waals surface area contributed by atoms with Crippen molar-refractivity contribution in [3.8, 4) is 28.3 Å². The molecule has 0 fully saturated rings. The molecule has 4 N–H and O–H groups in total. The van der Waals surface area contributed by atoms with Gasteiger partial charge in [-0.1, -0.05) is 20.3 Å². The first kappa shape index (κ1) is 27.5. The smallest absolute Gasteiger partial charge is 0.420 e. The molecule has 0 saturated heterocycles. The van der Waals surface area contributed by atoms with Gasteiger partial charge in [-0.3, -0.25) is 14.5 Å². The number of hydrazine groups is 1. The van der Waals surface area contributed by atoms with Crippen molar-refractivity contribution in [1.29, 1.82) is 0 Å². The molecule has 194 valence electrons. The van der Waals surface area contributed by atoms with E-state index in [9.17, 15) is 13.6 Å². The lowest BCUT2D eigenvalue weighted by molar-refractivity contribution is -0.0964. The van der Waals surface area contributed by atoms with Gasteiger partial charge in [0.15, 0.2) is 0 Å². The zero-order valence-corrected chi connectivity index (χ0v) is 21.1. The molecule has 0 unspecified atom stereocenters. The van der Waals surface area contributed by atoms with Gasteiger partial charge in [-0.25, -0.2) is 10.8 Å². The lowest BCUT2D eigenvalue weighted by atomic mass is 10.0. The monoisotopic (exact) mass is 529 g/mol. The number of carbonyl (C=O) groups excluding carboxylic acids is 1. The number of ether oxygens (including phenoxy) is 1. The fourth-order valence-corrected chi connectivity index (χ4v) is 3.29. The Morgan fingerprint density at radius 1 is 1.11 bits per heavy atom. The number of rotatable bonds is 7. The third-order valence-corrected chi connectivity index (χ3v) is 4.86. The van der Waals surface area contributed by atoms with Crippen molar-refractivity contribution in [1.82, 2.24) is 19.7 Å². The summed E-state index contributed by atoms with van der Waals surface area (Å²) in [5.74, 6) is 5.28. The van der Waals surface area contributed by atoms with Crippen molar-refractivity contribution in [3.63, 3.8) is 0 Å². The third-order valence-electron chi connectivity index (χ3n) is 4.78. The molecule has 12 heteroatoms. The van der Waals surface area contributed by atoms with Gasteiger partial charge in [-0.05, 0) is 48.5 Å². The second-order valence-electron chi connectivity index (χ2n) is 7.77. The third kappa shape index (κ3) is 7.45. The number of aromatic nitrogens is 4. The SMILES string of the molecule is CCC.Cn1nccc1-c1ncc(C(=O)Nc2ccc(OC(F)(F)Cl)cc2)cc1-c1ccc(NN)nc1. The van der Waals surface area contributed by atoms with Crippen LogP contribution in [0.5, 0.6) is 5.75 Å². The second-order valence-corrected chi connectivity index (χ2v) is 8.21. The number of alkyl halides is 3. The first-order valence-electron chi connectivity index (χ1n) is 11.2. The summed E-state index contributed by atoms with van der Waals surface area (Å²) >= 11 is 4.76. The summed E-state index contributed by atoms with van der Waals surface area (Å²) < 4.78 is 31.5. The summed E-state index contributed by atoms with van der Waals surface area (Å²) in [7, 11) is 1.79. The molecule has 0 radical (unpaired) electrons. The number of hydrogen-bond donors (Lipinski definition) is 3. The Morgan fingerprint density at radius 2 is 1.81 bits per heavy atom. The molecule has 0 atom stereocenters. The van der Waals surface area contributed by atoms with Crippen LogP contribution in [-0.2, 0) is 7.05 Å². The van der Waals surface area contributed by atoms with Crippen LogP contribution in [0.2, 0.25) is 0 Å². The Balaban J connectivity index is 0.00000121. The number of pyridine rings is 2. The minimum Gasteiger partial charge on any atom is -0.420 e. The maximum atomic E-state index is 12.9. The van der Waals surface area contributed by atoms with Crippen LogP contribution >= 0.6 is 11.6 Å². The van der Waals surface area contributed by atoms with Crippen LogP contribution in [-0.4, -0.2) is 31.2 Å². The molecule has 0 bridgehead atoms. The van der Waals surface area contributed by atoms with Gasteiger partial charge in [-0.15, -0.1) is 8.78 Å². The highest BCUT2D eigenvalue weighted by atomic mass is 35.5.